The van der Waals surface area contributed by atoms with E-state index in [0.717, 1.165) is 11.8 Å². The van der Waals surface area contributed by atoms with Gasteiger partial charge in [0.25, 0.3) is 0 Å². The van der Waals surface area contributed by atoms with Gasteiger partial charge in [-0.3, -0.25) is 4.79 Å². The van der Waals surface area contributed by atoms with Crippen LogP contribution in [-0.4, -0.2) is 28.4 Å². The van der Waals surface area contributed by atoms with Gasteiger partial charge in [0.1, 0.15) is 11.8 Å². The molecule has 0 spiro atoms. The van der Waals surface area contributed by atoms with Crippen molar-refractivity contribution in [1.82, 2.24) is 15.0 Å². The van der Waals surface area contributed by atoms with E-state index in [9.17, 15) is 4.79 Å². The van der Waals surface area contributed by atoms with Crippen molar-refractivity contribution < 1.29 is 14.3 Å². The van der Waals surface area contributed by atoms with Crippen molar-refractivity contribution in [2.45, 2.75) is 6.73 Å². The zero-order valence-corrected chi connectivity index (χ0v) is 12.4. The third-order valence-corrected chi connectivity index (χ3v) is 3.38. The van der Waals surface area contributed by atoms with E-state index < -0.39 is 0 Å². The van der Waals surface area contributed by atoms with Crippen LogP contribution in [0.25, 0.3) is 11.0 Å². The Bertz CT molecular complexity index is 832. The highest BCUT2D eigenvalue weighted by Gasteiger charge is 2.09. The SMILES string of the molecule is COc1cc(C=O)ccc1OCn1nnc2cc(Cl)ccc21. The van der Waals surface area contributed by atoms with Crippen molar-refractivity contribution in [3.8, 4) is 11.5 Å². The van der Waals surface area contributed by atoms with Gasteiger partial charge in [0.05, 0.1) is 12.6 Å². The van der Waals surface area contributed by atoms with Gasteiger partial charge in [0.15, 0.2) is 18.2 Å². The highest BCUT2D eigenvalue weighted by molar-refractivity contribution is 6.31. The van der Waals surface area contributed by atoms with E-state index in [1.54, 1.807) is 35.0 Å². The third kappa shape index (κ3) is 2.73. The summed E-state index contributed by atoms with van der Waals surface area (Å²) >= 11 is 5.92. The minimum Gasteiger partial charge on any atom is -0.493 e. The molecule has 0 saturated carbocycles. The second-order valence-electron chi connectivity index (χ2n) is 4.52. The lowest BCUT2D eigenvalue weighted by Crippen LogP contribution is -2.07. The predicted octanol–water partition coefficient (Wildman–Crippen LogP) is 2.94. The Balaban J connectivity index is 1.83. The Morgan fingerprint density at radius 1 is 1.23 bits per heavy atom. The van der Waals surface area contributed by atoms with Crippen molar-refractivity contribution in [2.75, 3.05) is 7.11 Å². The van der Waals surface area contributed by atoms with Crippen LogP contribution in [0.15, 0.2) is 36.4 Å². The van der Waals surface area contributed by atoms with Gasteiger partial charge in [-0.15, -0.1) is 5.10 Å². The molecule has 0 aliphatic rings. The Morgan fingerprint density at radius 2 is 2.09 bits per heavy atom. The van der Waals surface area contributed by atoms with E-state index in [-0.39, 0.29) is 6.73 Å². The summed E-state index contributed by atoms with van der Waals surface area (Å²) in [7, 11) is 1.52. The van der Waals surface area contributed by atoms with Crippen LogP contribution in [-0.2, 0) is 6.73 Å². The molecule has 0 radical (unpaired) electrons. The van der Waals surface area contributed by atoms with Gasteiger partial charge in [-0.1, -0.05) is 16.8 Å². The number of aromatic nitrogens is 3. The van der Waals surface area contributed by atoms with E-state index in [2.05, 4.69) is 10.3 Å². The van der Waals surface area contributed by atoms with Crippen LogP contribution in [0.4, 0.5) is 0 Å². The van der Waals surface area contributed by atoms with Gasteiger partial charge in [-0.2, -0.15) is 0 Å². The summed E-state index contributed by atoms with van der Waals surface area (Å²) in [6, 6.07) is 10.3. The highest BCUT2D eigenvalue weighted by Crippen LogP contribution is 2.28. The van der Waals surface area contributed by atoms with Gasteiger partial charge in [0.2, 0.25) is 0 Å². The summed E-state index contributed by atoms with van der Waals surface area (Å²) in [4.78, 5) is 10.8. The fraction of sp³-hybridized carbons (Fsp3) is 0.133. The summed E-state index contributed by atoms with van der Waals surface area (Å²) in [5.41, 5.74) is 2.03. The molecule has 0 N–H and O–H groups in total. The van der Waals surface area contributed by atoms with Crippen molar-refractivity contribution in [2.24, 2.45) is 0 Å². The van der Waals surface area contributed by atoms with Crippen molar-refractivity contribution in [3.05, 3.63) is 47.0 Å². The molecule has 0 bridgehead atoms. The van der Waals surface area contributed by atoms with E-state index in [4.69, 9.17) is 21.1 Å². The van der Waals surface area contributed by atoms with Crippen LogP contribution in [0.2, 0.25) is 5.02 Å². The van der Waals surface area contributed by atoms with Gasteiger partial charge in [-0.25, -0.2) is 4.68 Å². The van der Waals surface area contributed by atoms with Gasteiger partial charge < -0.3 is 9.47 Å². The lowest BCUT2D eigenvalue weighted by molar-refractivity contribution is 0.112. The number of rotatable bonds is 5. The third-order valence-electron chi connectivity index (χ3n) is 3.14. The topological polar surface area (TPSA) is 66.2 Å². The van der Waals surface area contributed by atoms with Crippen LogP contribution < -0.4 is 9.47 Å². The number of hydrogen-bond acceptors (Lipinski definition) is 5. The number of carbonyl (C=O) groups is 1. The number of fused-ring (bicyclic) bond motifs is 1. The smallest absolute Gasteiger partial charge is 0.183 e. The second-order valence-corrected chi connectivity index (χ2v) is 4.96. The zero-order valence-electron chi connectivity index (χ0n) is 11.7. The maximum Gasteiger partial charge on any atom is 0.183 e. The Labute approximate surface area is 131 Å². The average molecular weight is 318 g/mol. The van der Waals surface area contributed by atoms with Crippen LogP contribution in [0.1, 0.15) is 10.4 Å². The van der Waals surface area contributed by atoms with Gasteiger partial charge in [0, 0.05) is 10.6 Å². The van der Waals surface area contributed by atoms with Crippen LogP contribution in [0.3, 0.4) is 0 Å². The first-order valence-corrected chi connectivity index (χ1v) is 6.84. The summed E-state index contributed by atoms with van der Waals surface area (Å²) < 4.78 is 12.5. The number of aldehydes is 1. The normalized spacial score (nSPS) is 10.6. The molecule has 1 aromatic heterocycles. The van der Waals surface area contributed by atoms with Crippen LogP contribution >= 0.6 is 11.6 Å². The number of carbonyl (C=O) groups excluding carboxylic acids is 1. The molecule has 7 heteroatoms. The maximum absolute atomic E-state index is 10.8. The first kappa shape index (κ1) is 14.3. The molecule has 0 saturated heterocycles. The number of nitrogens with zero attached hydrogens (tertiary/aromatic N) is 3. The quantitative estimate of drug-likeness (QED) is 0.677. The van der Waals surface area contributed by atoms with Crippen molar-refractivity contribution in [3.63, 3.8) is 0 Å². The lowest BCUT2D eigenvalue weighted by atomic mass is 10.2. The molecule has 0 atom stereocenters. The molecule has 0 aliphatic heterocycles. The molecular weight excluding hydrogens is 306 g/mol. The monoisotopic (exact) mass is 317 g/mol. The van der Waals surface area contributed by atoms with E-state index in [0.29, 0.717) is 27.6 Å². The summed E-state index contributed by atoms with van der Waals surface area (Å²) in [6.07, 6.45) is 0.751. The second kappa shape index (κ2) is 6.03. The Kier molecular flexibility index (Phi) is 3.93. The predicted molar refractivity (Wildman–Crippen MR) is 81.5 cm³/mol. The molecule has 6 nitrogen and oxygen atoms in total. The van der Waals surface area contributed by atoms with E-state index in [1.165, 1.54) is 7.11 Å². The first-order chi connectivity index (χ1) is 10.7. The van der Waals surface area contributed by atoms with E-state index in [1.807, 2.05) is 6.07 Å². The summed E-state index contributed by atoms with van der Waals surface area (Å²) in [5, 5.41) is 8.66. The van der Waals surface area contributed by atoms with Crippen molar-refractivity contribution >= 4 is 28.9 Å². The molecule has 2 aromatic carbocycles. The molecule has 1 heterocycles. The van der Waals surface area contributed by atoms with Crippen molar-refractivity contribution in [1.29, 1.82) is 0 Å². The average Bonchev–Trinajstić information content (AvgIpc) is 2.94. The fourth-order valence-corrected chi connectivity index (χ4v) is 2.21. The molecule has 22 heavy (non-hydrogen) atoms. The maximum atomic E-state index is 10.8. The molecule has 112 valence electrons. The molecular formula is C15H12ClN3O3. The van der Waals surface area contributed by atoms with E-state index >= 15 is 0 Å². The molecule has 3 rings (SSSR count). The number of ether oxygens (including phenoxy) is 2. The fourth-order valence-electron chi connectivity index (χ4n) is 2.05. The molecule has 0 fully saturated rings. The minimum atomic E-state index is 0.162. The molecule has 0 amide bonds. The number of hydrogen-bond donors (Lipinski definition) is 0. The standard InChI is InChI=1S/C15H12ClN3O3/c1-21-15-6-10(8-20)2-5-14(15)22-9-19-13-4-3-11(16)7-12(13)17-18-19/h2-8H,9H2,1H3. The first-order valence-electron chi connectivity index (χ1n) is 6.46. The number of benzene rings is 2. The number of halogens is 1. The van der Waals surface area contributed by atoms with Crippen LogP contribution in [0, 0.1) is 0 Å². The molecule has 3 aromatic rings. The zero-order chi connectivity index (χ0) is 15.5. The highest BCUT2D eigenvalue weighted by atomic mass is 35.5. The summed E-state index contributed by atoms with van der Waals surface area (Å²) in [6.45, 7) is 0.162. The molecule has 0 aliphatic carbocycles. The largest absolute Gasteiger partial charge is 0.493 e. The molecule has 0 unspecified atom stereocenters. The Hall–Kier alpha value is -2.60. The Morgan fingerprint density at radius 3 is 2.86 bits per heavy atom. The minimum absolute atomic E-state index is 0.162. The summed E-state index contributed by atoms with van der Waals surface area (Å²) in [5.74, 6) is 1.00. The van der Waals surface area contributed by atoms with Gasteiger partial charge in [-0.05, 0) is 36.4 Å². The lowest BCUT2D eigenvalue weighted by Gasteiger charge is -2.11. The number of methoxy groups -OCH3 is 1. The van der Waals surface area contributed by atoms with Crippen LogP contribution in [0.5, 0.6) is 11.5 Å². The van der Waals surface area contributed by atoms with Gasteiger partial charge >= 0.3 is 0 Å².